The quantitative estimate of drug-likeness (QED) is 0.0350. The van der Waals surface area contributed by atoms with E-state index in [4.69, 9.17) is 10.5 Å². The van der Waals surface area contributed by atoms with Gasteiger partial charge < -0.3 is 89.4 Å². The Morgan fingerprint density at radius 3 is 1.68 bits per heavy atom. The highest BCUT2D eigenvalue weighted by Gasteiger charge is 2.45. The number of phenols is 1. The number of likely N-dealkylation sites (tertiary alicyclic amines) is 1. The fraction of sp³-hybridized carbons (Fsp3) is 0.707. The summed E-state index contributed by atoms with van der Waals surface area (Å²) < 4.78 is 5.95. The van der Waals surface area contributed by atoms with Crippen LogP contribution in [0.2, 0.25) is 0 Å². The van der Waals surface area contributed by atoms with E-state index in [2.05, 4.69) is 63.8 Å². The fourth-order valence-electron chi connectivity index (χ4n) is 12.1. The number of aliphatic hydroxyl groups excluding tert-OH is 1. The molecule has 106 heavy (non-hydrogen) atoms. The molecule has 2 fully saturated rings. The molecule has 596 valence electrons. The third kappa shape index (κ3) is 27.2. The number of hydrogen-bond acceptors (Lipinski definition) is 18. The van der Waals surface area contributed by atoms with Crippen molar-refractivity contribution in [1.82, 2.24) is 68.7 Å². The molecule has 0 spiro atoms. The van der Waals surface area contributed by atoms with Crippen molar-refractivity contribution in [2.45, 2.75) is 280 Å². The molecule has 0 aromatic heterocycles. The molecule has 2 saturated heterocycles. The number of carbonyl (C=O) groups is 14. The number of hydrogen-bond donors (Lipinski definition) is 15. The van der Waals surface area contributed by atoms with Gasteiger partial charge in [-0.05, 0) is 124 Å². The van der Waals surface area contributed by atoms with Crippen LogP contribution in [0.3, 0.4) is 0 Å². The standard InChI is InChI=1S/C75H124N14O17/c1-20-42(15)28-33-53(92)80-54(37(5)6)68(98)87-61(45(18)90)72(102)82-56(39(9)10)69(99)83-57(40(11)12)74(104)89-35-25-27-52(89)66(96)78-50(26-24-34-76)64(94)85-59(43(16)21-2)71(101)88-62-46(19)106-75(105)58(41(13)14)84-63(93)49(23-4)77-65(95)51(36-47-29-31-48(91)32-30-47)79-67(97)55(38(7)8)81-70(100)60(44(17)22-3)86-73(62)103/h23,29-32,37-46,50-52,54-62,90-91H,20-22,24-28,33-36,76H2,1-19H3,(H,77,95)(H,78,96)(H,79,97)(H,80,92)(H,81,100)(H,82,102)(H,83,99)(H,84,93)(H,85,94)(H,86,103)(H,87,98)(H,88,101)/b49-23-/t42-,43-,44-,45+,46+,50-,51-,52+,54+,55+,56-,57+,58-,59+,60+,61-,62+/m0/s1. The Morgan fingerprint density at radius 1 is 0.613 bits per heavy atom. The summed E-state index contributed by atoms with van der Waals surface area (Å²) in [7, 11) is 0. The second-order valence-electron chi connectivity index (χ2n) is 30.1. The van der Waals surface area contributed by atoms with E-state index in [1.165, 1.54) is 56.0 Å². The maximum Gasteiger partial charge on any atom is 0.329 e. The summed E-state index contributed by atoms with van der Waals surface area (Å²) in [5, 5.41) is 53.0. The summed E-state index contributed by atoms with van der Waals surface area (Å²) in [5.41, 5.74) is 6.14. The minimum Gasteiger partial charge on any atom is -0.508 e. The number of allylic oxidation sites excluding steroid dienone is 1. The van der Waals surface area contributed by atoms with Crippen molar-refractivity contribution in [1.29, 1.82) is 0 Å². The van der Waals surface area contributed by atoms with Crippen LogP contribution in [-0.2, 0) is 78.3 Å². The Hall–Kier alpha value is -8.74. The van der Waals surface area contributed by atoms with Crippen LogP contribution in [0.1, 0.15) is 195 Å². The highest BCUT2D eigenvalue weighted by Crippen LogP contribution is 2.24. The monoisotopic (exact) mass is 1490 g/mol. The number of ether oxygens (including phenoxy) is 1. The Labute approximate surface area is 625 Å². The minimum absolute atomic E-state index is 0.0593. The topological polar surface area (TPSA) is 462 Å². The molecule has 3 rings (SSSR count). The van der Waals surface area contributed by atoms with Crippen LogP contribution >= 0.6 is 0 Å². The summed E-state index contributed by atoms with van der Waals surface area (Å²) in [6.45, 7) is 31.5. The molecule has 2 aliphatic heterocycles. The third-order valence-corrected chi connectivity index (χ3v) is 19.7. The largest absolute Gasteiger partial charge is 0.508 e. The molecule has 16 N–H and O–H groups in total. The summed E-state index contributed by atoms with van der Waals surface area (Å²) in [4.78, 5) is 202. The molecule has 2 aliphatic rings. The average molecular weight is 1490 g/mol. The molecule has 13 amide bonds. The molecular formula is C75H124N14O17. The zero-order chi connectivity index (χ0) is 80.3. The number of phenolic OH excluding ortho intramolecular Hbond substituents is 1. The first-order valence-electron chi connectivity index (χ1n) is 37.7. The van der Waals surface area contributed by atoms with E-state index < -0.39 is 203 Å². The van der Waals surface area contributed by atoms with Crippen molar-refractivity contribution in [3.63, 3.8) is 0 Å². The van der Waals surface area contributed by atoms with E-state index in [1.54, 1.807) is 96.9 Å². The molecule has 1 aromatic rings. The molecule has 17 atom stereocenters. The number of cyclic esters (lactones) is 1. The normalized spacial score (nSPS) is 22.7. The van der Waals surface area contributed by atoms with Crippen molar-refractivity contribution in [2.75, 3.05) is 13.1 Å². The number of nitrogens with one attached hydrogen (secondary N) is 12. The highest BCUT2D eigenvalue weighted by molar-refractivity contribution is 6.03. The smallest absolute Gasteiger partial charge is 0.329 e. The SMILES string of the molecule is C/C=C1\NC(=O)[C@H](Cc2ccc(O)cc2)NC(=O)[C@@H](C(C)C)NC(=O)[C@@H]([C@@H](C)CC)NC(=O)[C@H](NC(=O)[C@H](NC(=O)[C@H](CCCN)NC(=O)[C@H]2CCCN2C(=O)[C@H](NC(=O)[C@@H](NC(=O)[C@@H](NC(=O)[C@H](NC(=O)CC[C@@H](C)CC)C(C)C)[C@@H](C)O)C(C)C)C(C)C)[C@@H](C)CC)[C@@H](C)OC(=O)[C@H](C(C)C)NC1=O. The van der Waals surface area contributed by atoms with Crippen molar-refractivity contribution in [3.8, 4) is 5.75 Å². The number of nitrogens with two attached hydrogens (primary N) is 1. The van der Waals surface area contributed by atoms with E-state index in [9.17, 15) is 67.7 Å². The molecule has 0 saturated carbocycles. The molecule has 2 heterocycles. The van der Waals surface area contributed by atoms with Gasteiger partial charge in [0.05, 0.1) is 6.10 Å². The highest BCUT2D eigenvalue weighted by atomic mass is 16.5. The summed E-state index contributed by atoms with van der Waals surface area (Å²) in [5.74, 6) is -15.6. The number of esters is 1. The number of carbonyl (C=O) groups excluding carboxylic acids is 14. The van der Waals surface area contributed by atoms with Gasteiger partial charge in [-0.25, -0.2) is 4.79 Å². The Balaban J connectivity index is 2.01. The molecule has 0 radical (unpaired) electrons. The number of nitrogens with zero attached hydrogens (tertiary/aromatic N) is 1. The van der Waals surface area contributed by atoms with Gasteiger partial charge in [-0.2, -0.15) is 0 Å². The predicted octanol–water partition coefficient (Wildman–Crippen LogP) is 1.54. The maximum absolute atomic E-state index is 15.0. The number of aliphatic hydroxyl groups is 1. The predicted molar refractivity (Wildman–Crippen MR) is 397 cm³/mol. The van der Waals surface area contributed by atoms with Gasteiger partial charge in [0.15, 0.2) is 0 Å². The third-order valence-electron chi connectivity index (χ3n) is 19.7. The Bertz CT molecular complexity index is 3210. The lowest BCUT2D eigenvalue weighted by molar-refractivity contribution is -0.157. The second-order valence-corrected chi connectivity index (χ2v) is 30.1. The average Bonchev–Trinajstić information content (AvgIpc) is 1.52. The Kier molecular flexibility index (Phi) is 37.8. The zero-order valence-electron chi connectivity index (χ0n) is 65.6. The molecular weight excluding hydrogens is 1370 g/mol. The van der Waals surface area contributed by atoms with Crippen LogP contribution in [0.15, 0.2) is 36.0 Å². The molecule has 31 nitrogen and oxygen atoms in total. The van der Waals surface area contributed by atoms with E-state index >= 15 is 9.59 Å². The van der Waals surface area contributed by atoms with E-state index in [-0.39, 0.29) is 81.3 Å². The van der Waals surface area contributed by atoms with Crippen LogP contribution in [0.4, 0.5) is 0 Å². The second kappa shape index (κ2) is 43.8. The molecule has 1 aromatic carbocycles. The van der Waals surface area contributed by atoms with Crippen molar-refractivity contribution < 1.29 is 82.1 Å². The van der Waals surface area contributed by atoms with Gasteiger partial charge in [-0.1, -0.05) is 148 Å². The fourth-order valence-corrected chi connectivity index (χ4v) is 12.1. The lowest BCUT2D eigenvalue weighted by atomic mass is 9.95. The van der Waals surface area contributed by atoms with Gasteiger partial charge in [0.2, 0.25) is 70.9 Å². The van der Waals surface area contributed by atoms with Gasteiger partial charge in [-0.3, -0.25) is 62.3 Å². The van der Waals surface area contributed by atoms with Gasteiger partial charge in [-0.15, -0.1) is 0 Å². The maximum atomic E-state index is 15.0. The molecule has 0 aliphatic carbocycles. The first kappa shape index (κ1) is 91.5. The van der Waals surface area contributed by atoms with Gasteiger partial charge in [0, 0.05) is 19.4 Å². The molecule has 0 unspecified atom stereocenters. The van der Waals surface area contributed by atoms with Crippen LogP contribution < -0.4 is 69.5 Å². The first-order valence-corrected chi connectivity index (χ1v) is 37.7. The summed E-state index contributed by atoms with van der Waals surface area (Å²) in [6, 6.07) is -10.8. The molecule has 31 heteroatoms. The van der Waals surface area contributed by atoms with Crippen LogP contribution in [0, 0.1) is 47.3 Å². The number of amides is 13. The van der Waals surface area contributed by atoms with Gasteiger partial charge in [0.25, 0.3) is 5.91 Å². The minimum atomic E-state index is -1.84. The molecule has 0 bridgehead atoms. The van der Waals surface area contributed by atoms with E-state index in [0.29, 0.717) is 18.4 Å². The number of rotatable bonds is 33. The first-order chi connectivity index (χ1) is 49.7. The van der Waals surface area contributed by atoms with Crippen LogP contribution in [0.25, 0.3) is 0 Å². The van der Waals surface area contributed by atoms with Crippen molar-refractivity contribution in [2.24, 2.45) is 53.1 Å². The van der Waals surface area contributed by atoms with Gasteiger partial charge in [0.1, 0.15) is 90.1 Å². The van der Waals surface area contributed by atoms with Crippen LogP contribution in [0.5, 0.6) is 5.75 Å². The van der Waals surface area contributed by atoms with Crippen LogP contribution in [-0.4, -0.2) is 196 Å². The number of benzene rings is 1. The van der Waals surface area contributed by atoms with Crippen molar-refractivity contribution in [3.05, 3.63) is 41.6 Å². The lowest BCUT2D eigenvalue weighted by Gasteiger charge is -2.33. The van der Waals surface area contributed by atoms with E-state index in [1.807, 2.05) is 13.8 Å². The van der Waals surface area contributed by atoms with Crippen molar-refractivity contribution >= 4 is 82.8 Å². The Morgan fingerprint density at radius 2 is 1.15 bits per heavy atom. The van der Waals surface area contributed by atoms with E-state index in [0.717, 1.165) is 6.42 Å². The van der Waals surface area contributed by atoms with Gasteiger partial charge >= 0.3 is 5.97 Å². The summed E-state index contributed by atoms with van der Waals surface area (Å²) in [6.07, 6.45) is 0.858. The summed E-state index contributed by atoms with van der Waals surface area (Å²) >= 11 is 0. The zero-order valence-corrected chi connectivity index (χ0v) is 65.6. The number of aromatic hydroxyl groups is 1. The lowest BCUT2D eigenvalue weighted by Crippen LogP contribution is -2.64.